The Morgan fingerprint density at radius 2 is 1.83 bits per heavy atom. The topological polar surface area (TPSA) is 62.1 Å². The molecular weight excluding hydrogens is 288 g/mol. The van der Waals surface area contributed by atoms with Gasteiger partial charge in [0.05, 0.1) is 6.07 Å². The molecule has 0 aliphatic heterocycles. The highest BCUT2D eigenvalue weighted by Gasteiger charge is 2.06. The van der Waals surface area contributed by atoms with Gasteiger partial charge in [0, 0.05) is 6.54 Å². The lowest BCUT2D eigenvalue weighted by atomic mass is 10.1. The number of aryl methyl sites for hydroxylation is 1. The van der Waals surface area contributed by atoms with E-state index in [-0.39, 0.29) is 12.3 Å². The van der Waals surface area contributed by atoms with Gasteiger partial charge in [-0.1, -0.05) is 42.5 Å². The van der Waals surface area contributed by atoms with Gasteiger partial charge in [0.1, 0.15) is 18.8 Å². The second-order valence-electron chi connectivity index (χ2n) is 5.26. The van der Waals surface area contributed by atoms with E-state index in [2.05, 4.69) is 24.4 Å². The Kier molecular flexibility index (Phi) is 6.19. The van der Waals surface area contributed by atoms with E-state index in [1.54, 1.807) is 0 Å². The van der Waals surface area contributed by atoms with Crippen LogP contribution in [0.4, 0.5) is 0 Å². The van der Waals surface area contributed by atoms with Gasteiger partial charge in [-0.2, -0.15) is 5.26 Å². The van der Waals surface area contributed by atoms with E-state index in [0.29, 0.717) is 19.6 Å². The van der Waals surface area contributed by atoms with Crippen molar-refractivity contribution in [3.8, 4) is 11.8 Å². The molecule has 2 rings (SSSR count). The average Bonchev–Trinajstić information content (AvgIpc) is 2.55. The average molecular weight is 308 g/mol. The second-order valence-corrected chi connectivity index (χ2v) is 5.26. The van der Waals surface area contributed by atoms with Crippen molar-refractivity contribution in [1.29, 1.82) is 5.26 Å². The van der Waals surface area contributed by atoms with E-state index in [0.717, 1.165) is 16.9 Å². The van der Waals surface area contributed by atoms with E-state index in [4.69, 9.17) is 10.00 Å². The molecule has 0 heterocycles. The molecule has 0 atom stereocenters. The van der Waals surface area contributed by atoms with Crippen LogP contribution in [0.25, 0.3) is 0 Å². The fraction of sp³-hybridized carbons (Fsp3) is 0.263. The number of nitrogens with one attached hydrogen (secondary N) is 1. The maximum atomic E-state index is 11.3. The lowest BCUT2D eigenvalue weighted by Gasteiger charge is -2.13. The highest BCUT2D eigenvalue weighted by molar-refractivity contribution is 5.77. The van der Waals surface area contributed by atoms with Gasteiger partial charge in [-0.3, -0.25) is 4.79 Å². The summed E-state index contributed by atoms with van der Waals surface area (Å²) in [5, 5.41) is 11.2. The molecule has 0 bridgehead atoms. The number of hydrogen-bond acceptors (Lipinski definition) is 3. The van der Waals surface area contributed by atoms with Crippen molar-refractivity contribution in [2.45, 2.75) is 26.4 Å². The van der Waals surface area contributed by atoms with Crippen molar-refractivity contribution in [1.82, 2.24) is 5.32 Å². The molecule has 0 aromatic heterocycles. The zero-order valence-corrected chi connectivity index (χ0v) is 13.2. The van der Waals surface area contributed by atoms with E-state index < -0.39 is 0 Å². The minimum absolute atomic E-state index is 0.106. The number of carbonyl (C=O) groups is 1. The van der Waals surface area contributed by atoms with Crippen LogP contribution in [-0.4, -0.2) is 12.5 Å². The molecule has 2 aromatic rings. The lowest BCUT2D eigenvalue weighted by molar-refractivity contribution is -0.120. The van der Waals surface area contributed by atoms with E-state index in [1.165, 1.54) is 5.56 Å². The van der Waals surface area contributed by atoms with Gasteiger partial charge < -0.3 is 10.1 Å². The molecule has 0 saturated carbocycles. The van der Waals surface area contributed by atoms with E-state index in [1.807, 2.05) is 42.5 Å². The third-order valence-corrected chi connectivity index (χ3v) is 3.57. The number of carbonyl (C=O) groups excluding carboxylic acids is 1. The van der Waals surface area contributed by atoms with Gasteiger partial charge in [-0.15, -0.1) is 0 Å². The van der Waals surface area contributed by atoms with E-state index >= 15 is 0 Å². The Balaban J connectivity index is 1.94. The molecule has 0 fully saturated rings. The summed E-state index contributed by atoms with van der Waals surface area (Å²) in [6.45, 7) is 3.07. The maximum Gasteiger partial charge on any atom is 0.234 e. The zero-order chi connectivity index (χ0) is 16.5. The number of hydrogen-bond donors (Lipinski definition) is 1. The number of rotatable bonds is 7. The number of nitriles is 1. The summed E-state index contributed by atoms with van der Waals surface area (Å²) >= 11 is 0. The van der Waals surface area contributed by atoms with Crippen molar-refractivity contribution < 1.29 is 9.53 Å². The Labute approximate surface area is 136 Å². The lowest BCUT2D eigenvalue weighted by Crippen LogP contribution is -2.25. The van der Waals surface area contributed by atoms with Crippen molar-refractivity contribution in [2.75, 3.05) is 6.54 Å². The molecule has 2 aromatic carbocycles. The molecule has 0 aliphatic rings. The van der Waals surface area contributed by atoms with Crippen LogP contribution in [-0.2, 0) is 17.8 Å². The fourth-order valence-corrected chi connectivity index (χ4v) is 2.25. The summed E-state index contributed by atoms with van der Waals surface area (Å²) in [6, 6.07) is 17.8. The smallest absolute Gasteiger partial charge is 0.234 e. The molecule has 23 heavy (non-hydrogen) atoms. The Morgan fingerprint density at radius 3 is 2.57 bits per heavy atom. The molecule has 118 valence electrons. The number of amides is 1. The summed E-state index contributed by atoms with van der Waals surface area (Å²) in [5.41, 5.74) is 3.40. The van der Waals surface area contributed by atoms with Gasteiger partial charge in [-0.25, -0.2) is 0 Å². The Morgan fingerprint density at radius 1 is 1.13 bits per heavy atom. The Bertz CT molecular complexity index is 705. The molecular formula is C19H20N2O2. The van der Waals surface area contributed by atoms with Gasteiger partial charge in [0.15, 0.2) is 0 Å². The first-order valence-electron chi connectivity index (χ1n) is 7.59. The molecule has 0 spiro atoms. The summed E-state index contributed by atoms with van der Waals surface area (Å²) in [4.78, 5) is 11.3. The van der Waals surface area contributed by atoms with Gasteiger partial charge in [0.2, 0.25) is 5.91 Å². The van der Waals surface area contributed by atoms with Crippen molar-refractivity contribution in [3.63, 3.8) is 0 Å². The second kappa shape index (κ2) is 8.60. The van der Waals surface area contributed by atoms with Gasteiger partial charge >= 0.3 is 0 Å². The first-order valence-corrected chi connectivity index (χ1v) is 7.59. The molecule has 0 radical (unpaired) electrons. The van der Waals surface area contributed by atoms with E-state index in [9.17, 15) is 4.79 Å². The number of para-hydroxylation sites is 1. The molecule has 4 heteroatoms. The standard InChI is InChI=1S/C19H20N2O2/c1-15-6-2-3-8-17(15)14-23-18-9-5-4-7-16(18)11-13-21-19(22)10-12-20/h2-9H,10-11,13-14H2,1H3,(H,21,22). The van der Waals surface area contributed by atoms with Gasteiger partial charge in [0.25, 0.3) is 0 Å². The van der Waals surface area contributed by atoms with Crippen LogP contribution < -0.4 is 10.1 Å². The predicted molar refractivity (Wildman–Crippen MR) is 88.9 cm³/mol. The summed E-state index contributed by atoms with van der Waals surface area (Å²) in [6.07, 6.45) is 0.562. The SMILES string of the molecule is Cc1ccccc1COc1ccccc1CCNC(=O)CC#N. The zero-order valence-electron chi connectivity index (χ0n) is 13.2. The van der Waals surface area contributed by atoms with Crippen LogP contribution in [0, 0.1) is 18.3 Å². The van der Waals surface area contributed by atoms with Crippen LogP contribution in [0.1, 0.15) is 23.1 Å². The predicted octanol–water partition coefficient (Wildman–Crippen LogP) is 3.15. The largest absolute Gasteiger partial charge is 0.489 e. The molecule has 1 amide bonds. The van der Waals surface area contributed by atoms with Crippen molar-refractivity contribution in [3.05, 3.63) is 65.2 Å². The van der Waals surface area contributed by atoms with Crippen molar-refractivity contribution >= 4 is 5.91 Å². The normalized spacial score (nSPS) is 9.91. The highest BCUT2D eigenvalue weighted by atomic mass is 16.5. The van der Waals surface area contributed by atoms with Crippen molar-refractivity contribution in [2.24, 2.45) is 0 Å². The van der Waals surface area contributed by atoms with Crippen LogP contribution in [0.3, 0.4) is 0 Å². The summed E-state index contributed by atoms with van der Waals surface area (Å²) in [5.74, 6) is 0.580. The van der Waals surface area contributed by atoms with Crippen LogP contribution in [0.5, 0.6) is 5.75 Å². The Hall–Kier alpha value is -2.80. The monoisotopic (exact) mass is 308 g/mol. The number of benzene rings is 2. The quantitative estimate of drug-likeness (QED) is 0.854. The van der Waals surface area contributed by atoms with Gasteiger partial charge in [-0.05, 0) is 36.1 Å². The number of ether oxygens (including phenoxy) is 1. The first-order chi connectivity index (χ1) is 11.2. The molecule has 1 N–H and O–H groups in total. The molecule has 0 unspecified atom stereocenters. The molecule has 4 nitrogen and oxygen atoms in total. The first kappa shape index (κ1) is 16.6. The fourth-order valence-electron chi connectivity index (χ4n) is 2.25. The molecule has 0 aliphatic carbocycles. The van der Waals surface area contributed by atoms with Crippen LogP contribution in [0.2, 0.25) is 0 Å². The third kappa shape index (κ3) is 5.15. The maximum absolute atomic E-state index is 11.3. The summed E-state index contributed by atoms with van der Waals surface area (Å²) in [7, 11) is 0. The third-order valence-electron chi connectivity index (χ3n) is 3.57. The molecule has 0 saturated heterocycles. The minimum atomic E-state index is -0.245. The van der Waals surface area contributed by atoms with Crippen LogP contribution in [0.15, 0.2) is 48.5 Å². The number of nitrogens with zero attached hydrogens (tertiary/aromatic N) is 1. The highest BCUT2D eigenvalue weighted by Crippen LogP contribution is 2.20. The summed E-state index contributed by atoms with van der Waals surface area (Å²) < 4.78 is 5.94. The minimum Gasteiger partial charge on any atom is -0.489 e. The van der Waals surface area contributed by atoms with Crippen LogP contribution >= 0.6 is 0 Å².